The van der Waals surface area contributed by atoms with Crippen molar-refractivity contribution in [1.29, 1.82) is 0 Å². The van der Waals surface area contributed by atoms with Crippen LogP contribution in [0.2, 0.25) is 0 Å². The van der Waals surface area contributed by atoms with Gasteiger partial charge in [0.25, 0.3) is 5.56 Å². The van der Waals surface area contributed by atoms with E-state index in [-0.39, 0.29) is 11.2 Å². The van der Waals surface area contributed by atoms with Gasteiger partial charge in [-0.25, -0.2) is 9.78 Å². The predicted molar refractivity (Wildman–Crippen MR) is 94.1 cm³/mol. The first-order valence-electron chi connectivity index (χ1n) is 8.30. The van der Waals surface area contributed by atoms with E-state index in [0.717, 1.165) is 42.9 Å². The van der Waals surface area contributed by atoms with Crippen LogP contribution in [0.4, 0.5) is 0 Å². The van der Waals surface area contributed by atoms with Gasteiger partial charge in [-0.05, 0) is 19.5 Å². The van der Waals surface area contributed by atoms with Crippen LogP contribution in [-0.4, -0.2) is 31.8 Å². The first-order chi connectivity index (χ1) is 10.9. The lowest BCUT2D eigenvalue weighted by Crippen LogP contribution is -2.37. The lowest BCUT2D eigenvalue weighted by atomic mass is 10.4. The first-order valence-corrected chi connectivity index (χ1v) is 8.30. The monoisotopic (exact) mass is 323 g/mol. The number of nitrogens with zero attached hydrogens (tertiary/aromatic N) is 4. The van der Waals surface area contributed by atoms with Crippen molar-refractivity contribution < 1.29 is 0 Å². The summed E-state index contributed by atoms with van der Waals surface area (Å²) >= 11 is 0. The van der Waals surface area contributed by atoms with Gasteiger partial charge in [-0.15, -0.1) is 0 Å². The average Bonchev–Trinajstić information content (AvgIpc) is 2.91. The Labute approximate surface area is 137 Å². The molecule has 2 rings (SSSR count). The number of nitrogens with one attached hydrogen (secondary N) is 1. The Morgan fingerprint density at radius 3 is 2.04 bits per heavy atom. The number of hydrogen-bond donors (Lipinski definition) is 1. The second-order valence-electron chi connectivity index (χ2n) is 5.37. The quantitative estimate of drug-likeness (QED) is 0.891. The Bertz CT molecular complexity index is 752. The molecular weight excluding hydrogens is 294 g/mol. The summed E-state index contributed by atoms with van der Waals surface area (Å²) in [6, 6.07) is 0. The normalized spacial score (nSPS) is 10.7. The second-order valence-corrected chi connectivity index (χ2v) is 5.37. The Morgan fingerprint density at radius 2 is 1.61 bits per heavy atom. The van der Waals surface area contributed by atoms with Crippen LogP contribution in [0, 0.1) is 0 Å². The molecule has 0 aliphatic carbocycles. The Kier molecular flexibility index (Phi) is 7.22. The third-order valence-electron chi connectivity index (χ3n) is 3.69. The van der Waals surface area contributed by atoms with Crippen LogP contribution in [-0.2, 0) is 27.1 Å². The summed E-state index contributed by atoms with van der Waals surface area (Å²) in [6.07, 6.45) is 1.66. The zero-order valence-electron chi connectivity index (χ0n) is 15.1. The van der Waals surface area contributed by atoms with Gasteiger partial charge in [0.15, 0.2) is 11.2 Å². The molecule has 2 aromatic heterocycles. The van der Waals surface area contributed by atoms with Gasteiger partial charge in [-0.1, -0.05) is 27.7 Å². The molecule has 2 aromatic rings. The van der Waals surface area contributed by atoms with Gasteiger partial charge in [-0.3, -0.25) is 13.9 Å². The molecule has 0 aliphatic heterocycles. The standard InChI is InChI=1S/C12H18N4O2.C4H11N/c1-5-7-16-8(6-2)13-10-9(16)11(17)15(4)12(18)14(10)3;1-3-5-4-2/h5-7H2,1-4H3;5H,3-4H2,1-2H3. The Balaban J connectivity index is 0.000000463. The van der Waals surface area contributed by atoms with Crippen molar-refractivity contribution in [3.63, 3.8) is 0 Å². The zero-order valence-corrected chi connectivity index (χ0v) is 15.1. The molecule has 0 fully saturated rings. The third-order valence-corrected chi connectivity index (χ3v) is 3.69. The number of fused-ring (bicyclic) bond motifs is 1. The highest BCUT2D eigenvalue weighted by molar-refractivity contribution is 5.71. The molecule has 0 saturated heterocycles. The molecule has 0 amide bonds. The maximum Gasteiger partial charge on any atom is 0.332 e. The zero-order chi connectivity index (χ0) is 17.6. The number of imidazole rings is 1. The van der Waals surface area contributed by atoms with Crippen molar-refractivity contribution in [3.8, 4) is 0 Å². The van der Waals surface area contributed by atoms with Gasteiger partial charge < -0.3 is 9.88 Å². The Hall–Kier alpha value is -1.89. The van der Waals surface area contributed by atoms with E-state index in [2.05, 4.69) is 31.1 Å². The van der Waals surface area contributed by atoms with Crippen molar-refractivity contribution in [2.75, 3.05) is 13.1 Å². The summed E-state index contributed by atoms with van der Waals surface area (Å²) in [4.78, 5) is 28.5. The minimum atomic E-state index is -0.337. The van der Waals surface area contributed by atoms with Crippen molar-refractivity contribution >= 4 is 11.2 Å². The van der Waals surface area contributed by atoms with Crippen LogP contribution < -0.4 is 16.6 Å². The van der Waals surface area contributed by atoms with E-state index in [4.69, 9.17) is 0 Å². The van der Waals surface area contributed by atoms with Gasteiger partial charge >= 0.3 is 5.69 Å². The van der Waals surface area contributed by atoms with E-state index in [0.29, 0.717) is 11.2 Å². The highest BCUT2D eigenvalue weighted by Crippen LogP contribution is 2.12. The van der Waals surface area contributed by atoms with Crippen molar-refractivity contribution in [2.24, 2.45) is 14.1 Å². The van der Waals surface area contributed by atoms with E-state index in [1.54, 1.807) is 7.05 Å². The van der Waals surface area contributed by atoms with E-state index in [1.807, 2.05) is 11.5 Å². The van der Waals surface area contributed by atoms with E-state index < -0.39 is 0 Å². The molecule has 0 radical (unpaired) electrons. The van der Waals surface area contributed by atoms with Gasteiger partial charge in [-0.2, -0.15) is 0 Å². The van der Waals surface area contributed by atoms with Crippen LogP contribution in [0.1, 0.15) is 39.9 Å². The number of aromatic nitrogens is 4. The third kappa shape index (κ3) is 3.90. The summed E-state index contributed by atoms with van der Waals surface area (Å²) in [7, 11) is 3.14. The molecule has 0 unspecified atom stereocenters. The Morgan fingerprint density at radius 1 is 1.00 bits per heavy atom. The maximum absolute atomic E-state index is 12.2. The van der Waals surface area contributed by atoms with Crippen molar-refractivity contribution in [3.05, 3.63) is 26.7 Å². The fourth-order valence-electron chi connectivity index (χ4n) is 2.48. The van der Waals surface area contributed by atoms with Gasteiger partial charge in [0, 0.05) is 27.1 Å². The van der Waals surface area contributed by atoms with Crippen LogP contribution in [0.15, 0.2) is 9.59 Å². The van der Waals surface area contributed by atoms with E-state index in [1.165, 1.54) is 11.6 Å². The molecule has 0 saturated carbocycles. The lowest BCUT2D eigenvalue weighted by molar-refractivity contribution is 0.651. The number of hydrogen-bond acceptors (Lipinski definition) is 4. The number of aryl methyl sites for hydroxylation is 3. The summed E-state index contributed by atoms with van der Waals surface area (Å²) in [5.74, 6) is 0.852. The topological polar surface area (TPSA) is 73.8 Å². The maximum atomic E-state index is 12.2. The molecular formula is C16H29N5O2. The smallest absolute Gasteiger partial charge is 0.322 e. The minimum absolute atomic E-state index is 0.270. The highest BCUT2D eigenvalue weighted by Gasteiger charge is 2.17. The van der Waals surface area contributed by atoms with Gasteiger partial charge in [0.1, 0.15) is 5.82 Å². The fourth-order valence-corrected chi connectivity index (χ4v) is 2.48. The fraction of sp³-hybridized carbons (Fsp3) is 0.688. The van der Waals surface area contributed by atoms with E-state index >= 15 is 0 Å². The van der Waals surface area contributed by atoms with Crippen LogP contribution >= 0.6 is 0 Å². The SMILES string of the molecule is CCCn1c(CC)nc2c1c(=O)n(C)c(=O)n2C.CCNCC. The van der Waals surface area contributed by atoms with Crippen molar-refractivity contribution in [2.45, 2.75) is 47.1 Å². The highest BCUT2D eigenvalue weighted by atomic mass is 16.2. The second kappa shape index (κ2) is 8.67. The minimum Gasteiger partial charge on any atom is -0.322 e. The van der Waals surface area contributed by atoms with Crippen LogP contribution in [0.25, 0.3) is 11.2 Å². The molecule has 0 aromatic carbocycles. The van der Waals surface area contributed by atoms with E-state index in [9.17, 15) is 9.59 Å². The molecule has 2 heterocycles. The van der Waals surface area contributed by atoms with Crippen LogP contribution in [0.5, 0.6) is 0 Å². The molecule has 7 nitrogen and oxygen atoms in total. The van der Waals surface area contributed by atoms with Crippen LogP contribution in [0.3, 0.4) is 0 Å². The molecule has 0 spiro atoms. The first kappa shape index (κ1) is 19.2. The molecule has 0 aliphatic rings. The van der Waals surface area contributed by atoms with Gasteiger partial charge in [0.05, 0.1) is 0 Å². The summed E-state index contributed by atoms with van der Waals surface area (Å²) in [5, 5.41) is 3.11. The molecule has 1 N–H and O–H groups in total. The van der Waals surface area contributed by atoms with Crippen molar-refractivity contribution in [1.82, 2.24) is 24.0 Å². The average molecular weight is 323 g/mol. The lowest BCUT2D eigenvalue weighted by Gasteiger charge is -2.06. The molecule has 0 atom stereocenters. The summed E-state index contributed by atoms with van der Waals surface area (Å²) < 4.78 is 4.49. The largest absolute Gasteiger partial charge is 0.332 e. The summed E-state index contributed by atoms with van der Waals surface area (Å²) in [5.41, 5.74) is 0.400. The molecule has 23 heavy (non-hydrogen) atoms. The molecule has 7 heteroatoms. The molecule has 0 bridgehead atoms. The van der Waals surface area contributed by atoms with Gasteiger partial charge in [0.2, 0.25) is 0 Å². The molecule has 130 valence electrons. The predicted octanol–water partition coefficient (Wildman–Crippen LogP) is 1.02. The number of rotatable bonds is 5. The summed E-state index contributed by atoms with van der Waals surface area (Å²) in [6.45, 7) is 11.2.